The summed E-state index contributed by atoms with van der Waals surface area (Å²) in [5.74, 6) is -0.692. The smallest absolute Gasteiger partial charge is 0.338 e. The van der Waals surface area contributed by atoms with E-state index in [1.165, 1.54) is 12.1 Å². The van der Waals surface area contributed by atoms with Gasteiger partial charge >= 0.3 is 16.2 Å². The van der Waals surface area contributed by atoms with Crippen molar-refractivity contribution in [2.45, 2.75) is 31.3 Å². The van der Waals surface area contributed by atoms with Crippen LogP contribution >= 0.6 is 0 Å². The normalized spacial score (nSPS) is 12.2. The molecular weight excluding hydrogens is 247 g/mol. The van der Waals surface area contributed by atoms with Crippen LogP contribution in [0.4, 0.5) is 3.89 Å². The maximum Gasteiger partial charge on any atom is 0.338 e. The van der Waals surface area contributed by atoms with E-state index in [4.69, 9.17) is 4.74 Å². The molecule has 0 heterocycles. The van der Waals surface area contributed by atoms with Gasteiger partial charge in [-0.25, -0.2) is 4.79 Å². The lowest BCUT2D eigenvalue weighted by molar-refractivity contribution is 0.00693. The molecule has 0 saturated heterocycles. The summed E-state index contributed by atoms with van der Waals surface area (Å²) in [5, 5.41) is 0. The van der Waals surface area contributed by atoms with Gasteiger partial charge in [0.05, 0.1) is 10.5 Å². The van der Waals surface area contributed by atoms with E-state index < -0.39 is 26.7 Å². The molecule has 0 aliphatic carbocycles. The number of carbonyl (C=O) groups excluding carboxylic acids is 1. The van der Waals surface area contributed by atoms with Gasteiger partial charge in [0.2, 0.25) is 0 Å². The van der Waals surface area contributed by atoms with Crippen molar-refractivity contribution in [3.8, 4) is 0 Å². The fourth-order valence-corrected chi connectivity index (χ4v) is 1.62. The Kier molecular flexibility index (Phi) is 3.56. The summed E-state index contributed by atoms with van der Waals surface area (Å²) in [5.41, 5.74) is -0.694. The molecule has 0 fully saturated rings. The van der Waals surface area contributed by atoms with Gasteiger partial charge in [0.15, 0.2) is 0 Å². The number of hydrogen-bond acceptors (Lipinski definition) is 4. The molecule has 1 rings (SSSR count). The van der Waals surface area contributed by atoms with Crippen molar-refractivity contribution in [1.29, 1.82) is 0 Å². The first kappa shape index (κ1) is 13.6. The summed E-state index contributed by atoms with van der Waals surface area (Å²) >= 11 is 0. The molecule has 0 amide bonds. The van der Waals surface area contributed by atoms with Crippen molar-refractivity contribution in [3.63, 3.8) is 0 Å². The molecule has 0 N–H and O–H groups in total. The van der Waals surface area contributed by atoms with Gasteiger partial charge in [-0.2, -0.15) is 8.42 Å². The second-order valence-electron chi connectivity index (χ2n) is 4.47. The Balaban J connectivity index is 3.05. The van der Waals surface area contributed by atoms with E-state index in [2.05, 4.69) is 0 Å². The minimum Gasteiger partial charge on any atom is -0.456 e. The molecule has 0 radical (unpaired) electrons. The van der Waals surface area contributed by atoms with E-state index in [0.717, 1.165) is 12.1 Å². The lowest BCUT2D eigenvalue weighted by Crippen LogP contribution is -2.23. The third-order valence-corrected chi connectivity index (χ3v) is 2.57. The fourth-order valence-electron chi connectivity index (χ4n) is 1.11. The first-order valence-electron chi connectivity index (χ1n) is 4.88. The lowest BCUT2D eigenvalue weighted by atomic mass is 10.2. The fraction of sp³-hybridized carbons (Fsp3) is 0.364. The maximum absolute atomic E-state index is 12.7. The van der Waals surface area contributed by atoms with Crippen LogP contribution in [-0.4, -0.2) is 20.0 Å². The van der Waals surface area contributed by atoms with Gasteiger partial charge < -0.3 is 4.74 Å². The van der Waals surface area contributed by atoms with E-state index >= 15 is 0 Å². The van der Waals surface area contributed by atoms with E-state index in [9.17, 15) is 17.1 Å². The molecule has 0 aromatic heterocycles. The molecule has 0 spiro atoms. The largest absolute Gasteiger partial charge is 0.456 e. The second kappa shape index (κ2) is 4.44. The Hall–Kier alpha value is -1.43. The predicted molar refractivity (Wildman–Crippen MR) is 59.9 cm³/mol. The van der Waals surface area contributed by atoms with Crippen LogP contribution in [0.1, 0.15) is 31.1 Å². The molecule has 0 saturated carbocycles. The van der Waals surface area contributed by atoms with Crippen LogP contribution < -0.4 is 0 Å². The molecule has 0 aliphatic rings. The monoisotopic (exact) mass is 260 g/mol. The number of halogens is 1. The summed E-state index contributed by atoms with van der Waals surface area (Å²) < 4.78 is 39.1. The minimum absolute atomic E-state index is 0.00125. The highest BCUT2D eigenvalue weighted by atomic mass is 32.3. The zero-order valence-electron chi connectivity index (χ0n) is 9.73. The standard InChI is InChI=1S/C11H13FO4S/c1-11(2,3)16-10(13)8-5-4-6-9(7-8)17(12,14)15/h4-7H,1-3H3. The van der Waals surface area contributed by atoms with Crippen LogP contribution in [0.5, 0.6) is 0 Å². The number of benzene rings is 1. The quantitative estimate of drug-likeness (QED) is 0.604. The molecule has 1 aromatic rings. The van der Waals surface area contributed by atoms with Gasteiger partial charge in [-0.3, -0.25) is 0 Å². The van der Waals surface area contributed by atoms with E-state index in [-0.39, 0.29) is 5.56 Å². The average Bonchev–Trinajstić information content (AvgIpc) is 2.14. The maximum atomic E-state index is 12.7. The average molecular weight is 260 g/mol. The Labute approximate surface area is 99.6 Å². The van der Waals surface area contributed by atoms with Crippen LogP contribution in [0.15, 0.2) is 29.2 Å². The Morgan fingerprint density at radius 2 is 1.88 bits per heavy atom. The summed E-state index contributed by atoms with van der Waals surface area (Å²) in [4.78, 5) is 11.0. The number of esters is 1. The van der Waals surface area contributed by atoms with E-state index in [1.807, 2.05) is 0 Å². The highest BCUT2D eigenvalue weighted by Gasteiger charge is 2.20. The summed E-state index contributed by atoms with van der Waals surface area (Å²) in [6.45, 7) is 5.04. The van der Waals surface area contributed by atoms with Crippen molar-refractivity contribution in [1.82, 2.24) is 0 Å². The molecule has 94 valence electrons. The molecule has 0 bridgehead atoms. The van der Waals surface area contributed by atoms with Gasteiger partial charge in [0.1, 0.15) is 5.60 Å². The lowest BCUT2D eigenvalue weighted by Gasteiger charge is -2.19. The molecule has 6 heteroatoms. The summed E-state index contributed by atoms with van der Waals surface area (Å²) in [7, 11) is -4.81. The highest BCUT2D eigenvalue weighted by Crippen LogP contribution is 2.17. The van der Waals surface area contributed by atoms with Gasteiger partial charge in [-0.05, 0) is 39.0 Å². The molecular formula is C11H13FO4S. The molecule has 17 heavy (non-hydrogen) atoms. The van der Waals surface area contributed by atoms with Crippen molar-refractivity contribution >= 4 is 16.2 Å². The van der Waals surface area contributed by atoms with Gasteiger partial charge in [0, 0.05) is 0 Å². The second-order valence-corrected chi connectivity index (χ2v) is 5.81. The van der Waals surface area contributed by atoms with Gasteiger partial charge in [-0.1, -0.05) is 6.07 Å². The zero-order chi connectivity index (χ0) is 13.3. The predicted octanol–water partition coefficient (Wildman–Crippen LogP) is 2.30. The first-order valence-corrected chi connectivity index (χ1v) is 6.26. The van der Waals surface area contributed by atoms with Crippen molar-refractivity contribution in [3.05, 3.63) is 29.8 Å². The molecule has 0 unspecified atom stereocenters. The molecule has 1 aromatic carbocycles. The van der Waals surface area contributed by atoms with Crippen molar-refractivity contribution < 1.29 is 21.8 Å². The van der Waals surface area contributed by atoms with Crippen LogP contribution in [-0.2, 0) is 15.0 Å². The van der Waals surface area contributed by atoms with E-state index in [1.54, 1.807) is 20.8 Å². The topological polar surface area (TPSA) is 60.4 Å². The molecule has 0 atom stereocenters. The Bertz CT molecular complexity index is 529. The summed E-state index contributed by atoms with van der Waals surface area (Å²) in [6, 6.07) is 4.67. The van der Waals surface area contributed by atoms with Crippen LogP contribution in [0.25, 0.3) is 0 Å². The number of hydrogen-bond donors (Lipinski definition) is 0. The molecule has 0 aliphatic heterocycles. The number of ether oxygens (including phenoxy) is 1. The third kappa shape index (κ3) is 4.14. The van der Waals surface area contributed by atoms with Gasteiger partial charge in [-0.15, -0.1) is 3.89 Å². The van der Waals surface area contributed by atoms with Crippen LogP contribution in [0.2, 0.25) is 0 Å². The highest BCUT2D eigenvalue weighted by molar-refractivity contribution is 7.86. The van der Waals surface area contributed by atoms with Crippen molar-refractivity contribution in [2.24, 2.45) is 0 Å². The van der Waals surface area contributed by atoms with Crippen LogP contribution in [0.3, 0.4) is 0 Å². The SMILES string of the molecule is CC(C)(C)OC(=O)c1cccc(S(=O)(=O)F)c1. The zero-order valence-corrected chi connectivity index (χ0v) is 10.5. The van der Waals surface area contributed by atoms with Gasteiger partial charge in [0.25, 0.3) is 0 Å². The third-order valence-electron chi connectivity index (χ3n) is 1.75. The van der Waals surface area contributed by atoms with Crippen LogP contribution in [0, 0.1) is 0 Å². The Morgan fingerprint density at radius 1 is 1.29 bits per heavy atom. The summed E-state index contributed by atoms with van der Waals surface area (Å²) in [6.07, 6.45) is 0. The van der Waals surface area contributed by atoms with E-state index in [0.29, 0.717) is 0 Å². The van der Waals surface area contributed by atoms with Crippen molar-refractivity contribution in [2.75, 3.05) is 0 Å². The molecule has 4 nitrogen and oxygen atoms in total. The minimum atomic E-state index is -4.81. The Morgan fingerprint density at radius 3 is 2.35 bits per heavy atom. The number of carbonyl (C=O) groups is 1. The number of rotatable bonds is 2. The first-order chi connectivity index (χ1) is 7.59.